The van der Waals surface area contributed by atoms with Crippen LogP contribution in [0.1, 0.15) is 42.6 Å². The van der Waals surface area contributed by atoms with Crippen molar-refractivity contribution in [3.63, 3.8) is 0 Å². The third-order valence-electron chi connectivity index (χ3n) is 2.78. The van der Waals surface area contributed by atoms with E-state index in [1.165, 1.54) is 0 Å². The molecular formula is C11H18N4OS. The van der Waals surface area contributed by atoms with Crippen molar-refractivity contribution >= 4 is 17.7 Å². The summed E-state index contributed by atoms with van der Waals surface area (Å²) >= 11 is 1.94. The van der Waals surface area contributed by atoms with Gasteiger partial charge >= 0.3 is 0 Å². The Morgan fingerprint density at radius 3 is 3.00 bits per heavy atom. The van der Waals surface area contributed by atoms with Crippen LogP contribution < -0.4 is 5.32 Å². The zero-order valence-corrected chi connectivity index (χ0v) is 10.8. The number of thioether (sulfide) groups is 1. The minimum atomic E-state index is -0.152. The highest BCUT2D eigenvalue weighted by atomic mass is 32.2. The quantitative estimate of drug-likeness (QED) is 0.851. The maximum atomic E-state index is 11.9. The van der Waals surface area contributed by atoms with Gasteiger partial charge in [-0.1, -0.05) is 6.92 Å². The van der Waals surface area contributed by atoms with Gasteiger partial charge in [-0.2, -0.15) is 11.8 Å². The van der Waals surface area contributed by atoms with Crippen molar-refractivity contribution in [1.82, 2.24) is 20.5 Å². The van der Waals surface area contributed by atoms with E-state index < -0.39 is 0 Å². The molecule has 0 unspecified atom stereocenters. The van der Waals surface area contributed by atoms with Gasteiger partial charge in [0.1, 0.15) is 5.82 Å². The molecule has 0 aromatic carbocycles. The molecule has 2 N–H and O–H groups in total. The zero-order chi connectivity index (χ0) is 12.1. The Labute approximate surface area is 105 Å². The molecule has 6 heteroatoms. The highest BCUT2D eigenvalue weighted by molar-refractivity contribution is 7.99. The van der Waals surface area contributed by atoms with E-state index in [0.29, 0.717) is 0 Å². The Bertz CT molecular complexity index is 373. The molecule has 1 amide bonds. The van der Waals surface area contributed by atoms with Gasteiger partial charge in [0.25, 0.3) is 5.91 Å². The summed E-state index contributed by atoms with van der Waals surface area (Å²) in [4.78, 5) is 16.0. The lowest BCUT2D eigenvalue weighted by Crippen LogP contribution is -2.37. The van der Waals surface area contributed by atoms with E-state index in [1.54, 1.807) is 0 Å². The van der Waals surface area contributed by atoms with Crippen LogP contribution in [0.4, 0.5) is 0 Å². The largest absolute Gasteiger partial charge is 0.346 e. The van der Waals surface area contributed by atoms with Gasteiger partial charge in [0.15, 0.2) is 0 Å². The summed E-state index contributed by atoms with van der Waals surface area (Å²) in [6.07, 6.45) is 3.92. The second-order valence-electron chi connectivity index (χ2n) is 4.22. The average Bonchev–Trinajstić information content (AvgIpc) is 2.79. The predicted octanol–water partition coefficient (Wildman–Crippen LogP) is 1.38. The first-order valence-electron chi connectivity index (χ1n) is 6.09. The van der Waals surface area contributed by atoms with E-state index in [2.05, 4.69) is 27.4 Å². The fraction of sp³-hybridized carbons (Fsp3) is 0.727. The smallest absolute Gasteiger partial charge is 0.291 e. The Hall–Kier alpha value is -1.04. The summed E-state index contributed by atoms with van der Waals surface area (Å²) < 4.78 is 0. The van der Waals surface area contributed by atoms with E-state index >= 15 is 0 Å². The van der Waals surface area contributed by atoms with Crippen LogP contribution in [0.2, 0.25) is 0 Å². The van der Waals surface area contributed by atoms with Crippen molar-refractivity contribution in [3.05, 3.63) is 11.6 Å². The molecule has 0 spiro atoms. The molecule has 17 heavy (non-hydrogen) atoms. The van der Waals surface area contributed by atoms with Gasteiger partial charge in [-0.25, -0.2) is 4.98 Å². The molecule has 1 aromatic rings. The molecule has 0 bridgehead atoms. The topological polar surface area (TPSA) is 70.7 Å². The summed E-state index contributed by atoms with van der Waals surface area (Å²) in [7, 11) is 0. The first-order valence-corrected chi connectivity index (χ1v) is 7.25. The van der Waals surface area contributed by atoms with Gasteiger partial charge in [-0.15, -0.1) is 5.10 Å². The van der Waals surface area contributed by atoms with Crippen molar-refractivity contribution in [2.75, 3.05) is 11.5 Å². The lowest BCUT2D eigenvalue weighted by Gasteiger charge is -2.21. The van der Waals surface area contributed by atoms with Crippen molar-refractivity contribution in [2.45, 2.75) is 38.6 Å². The minimum Gasteiger partial charge on any atom is -0.346 e. The molecule has 94 valence electrons. The average molecular weight is 254 g/mol. The molecule has 0 radical (unpaired) electrons. The predicted molar refractivity (Wildman–Crippen MR) is 68.2 cm³/mol. The molecule has 1 aromatic heterocycles. The number of aromatic amines is 1. The van der Waals surface area contributed by atoms with Crippen LogP contribution in [0, 0.1) is 0 Å². The number of nitrogens with one attached hydrogen (secondary N) is 2. The van der Waals surface area contributed by atoms with Crippen LogP contribution in [-0.2, 0) is 6.42 Å². The van der Waals surface area contributed by atoms with Crippen LogP contribution in [0.3, 0.4) is 0 Å². The molecule has 0 atom stereocenters. The minimum absolute atomic E-state index is 0.152. The number of hydrogen-bond acceptors (Lipinski definition) is 4. The molecule has 2 heterocycles. The second-order valence-corrected chi connectivity index (χ2v) is 5.44. The summed E-state index contributed by atoms with van der Waals surface area (Å²) in [5.41, 5.74) is 0. The SMILES string of the molecule is CCCc1nc(C(=O)NC2CCSCC2)n[nH]1. The molecule has 0 saturated carbocycles. The Balaban J connectivity index is 1.89. The number of carbonyl (C=O) groups excluding carboxylic acids is 1. The number of carbonyl (C=O) groups is 1. The summed E-state index contributed by atoms with van der Waals surface area (Å²) in [5, 5.41) is 9.74. The standard InChI is InChI=1S/C11H18N4OS/c1-2-3-9-13-10(15-14-9)11(16)12-8-4-6-17-7-5-8/h8H,2-7H2,1H3,(H,12,16)(H,13,14,15). The lowest BCUT2D eigenvalue weighted by atomic mass is 10.1. The fourth-order valence-electron chi connectivity index (χ4n) is 1.84. The lowest BCUT2D eigenvalue weighted by molar-refractivity contribution is 0.0924. The maximum Gasteiger partial charge on any atom is 0.291 e. The summed E-state index contributed by atoms with van der Waals surface area (Å²) in [6, 6.07) is 0.289. The molecule has 1 saturated heterocycles. The van der Waals surface area contributed by atoms with Crippen molar-refractivity contribution in [2.24, 2.45) is 0 Å². The number of H-pyrrole nitrogens is 1. The van der Waals surface area contributed by atoms with Gasteiger partial charge in [-0.05, 0) is 30.8 Å². The first kappa shape index (κ1) is 12.4. The molecule has 5 nitrogen and oxygen atoms in total. The van der Waals surface area contributed by atoms with Crippen LogP contribution in [0.25, 0.3) is 0 Å². The fourth-order valence-corrected chi connectivity index (χ4v) is 2.94. The van der Waals surface area contributed by atoms with Gasteiger partial charge in [-0.3, -0.25) is 9.89 Å². The van der Waals surface area contributed by atoms with E-state index in [1.807, 2.05) is 11.8 Å². The number of rotatable bonds is 4. The van der Waals surface area contributed by atoms with Crippen LogP contribution >= 0.6 is 11.8 Å². The normalized spacial score (nSPS) is 17.0. The van der Waals surface area contributed by atoms with E-state index in [0.717, 1.165) is 43.0 Å². The second kappa shape index (κ2) is 6.05. The Kier molecular flexibility index (Phi) is 4.42. The van der Waals surface area contributed by atoms with E-state index in [-0.39, 0.29) is 17.8 Å². The van der Waals surface area contributed by atoms with Crippen LogP contribution in [0.5, 0.6) is 0 Å². The summed E-state index contributed by atoms with van der Waals surface area (Å²) in [6.45, 7) is 2.07. The number of amides is 1. The van der Waals surface area contributed by atoms with Crippen LogP contribution in [-0.4, -0.2) is 38.6 Å². The maximum absolute atomic E-state index is 11.9. The third kappa shape index (κ3) is 3.46. The molecular weight excluding hydrogens is 236 g/mol. The Morgan fingerprint density at radius 2 is 2.29 bits per heavy atom. The molecule has 1 aliphatic rings. The summed E-state index contributed by atoms with van der Waals surface area (Å²) in [5.74, 6) is 3.16. The van der Waals surface area contributed by atoms with Crippen molar-refractivity contribution in [1.29, 1.82) is 0 Å². The molecule has 1 fully saturated rings. The number of hydrogen-bond donors (Lipinski definition) is 2. The van der Waals surface area contributed by atoms with Crippen molar-refractivity contribution in [3.8, 4) is 0 Å². The number of aromatic nitrogens is 3. The molecule has 2 rings (SSSR count). The highest BCUT2D eigenvalue weighted by Crippen LogP contribution is 2.17. The zero-order valence-electron chi connectivity index (χ0n) is 10.0. The van der Waals surface area contributed by atoms with Gasteiger partial charge in [0.05, 0.1) is 0 Å². The first-order chi connectivity index (χ1) is 8.29. The molecule has 1 aliphatic heterocycles. The van der Waals surface area contributed by atoms with E-state index in [4.69, 9.17) is 0 Å². The van der Waals surface area contributed by atoms with Crippen molar-refractivity contribution < 1.29 is 4.79 Å². The molecule has 0 aliphatic carbocycles. The van der Waals surface area contributed by atoms with Gasteiger partial charge in [0.2, 0.25) is 5.82 Å². The Morgan fingerprint density at radius 1 is 1.53 bits per heavy atom. The van der Waals surface area contributed by atoms with Gasteiger partial charge < -0.3 is 5.32 Å². The van der Waals surface area contributed by atoms with Crippen LogP contribution in [0.15, 0.2) is 0 Å². The third-order valence-corrected chi connectivity index (χ3v) is 3.83. The monoisotopic (exact) mass is 254 g/mol. The highest BCUT2D eigenvalue weighted by Gasteiger charge is 2.19. The number of aryl methyl sites for hydroxylation is 1. The van der Waals surface area contributed by atoms with Gasteiger partial charge in [0, 0.05) is 12.5 Å². The number of nitrogens with zero attached hydrogens (tertiary/aromatic N) is 2. The van der Waals surface area contributed by atoms with E-state index in [9.17, 15) is 4.79 Å².